The third-order valence-electron chi connectivity index (χ3n) is 3.19. The molecule has 3 rings (SSSR count). The van der Waals surface area contributed by atoms with E-state index in [0.717, 1.165) is 11.9 Å². The summed E-state index contributed by atoms with van der Waals surface area (Å²) >= 11 is 13.3. The van der Waals surface area contributed by atoms with Gasteiger partial charge in [0.25, 0.3) is 0 Å². The summed E-state index contributed by atoms with van der Waals surface area (Å²) in [5.41, 5.74) is 1.43. The molecule has 3 nitrogen and oxygen atoms in total. The number of rotatable bonds is 2. The van der Waals surface area contributed by atoms with Crippen molar-refractivity contribution in [1.82, 2.24) is 4.72 Å². The second kappa shape index (κ2) is 5.83. The second-order valence-corrected chi connectivity index (χ2v) is 6.17. The van der Waals surface area contributed by atoms with Crippen LogP contribution in [-0.2, 0) is 0 Å². The summed E-state index contributed by atoms with van der Waals surface area (Å²) in [5.74, 6) is -0.498. The molecule has 7 heteroatoms. The predicted octanol–water partition coefficient (Wildman–Crippen LogP) is 5.34. The highest BCUT2D eigenvalue weighted by atomic mass is 35.5. The Morgan fingerprint density at radius 1 is 1.23 bits per heavy atom. The zero-order valence-electron chi connectivity index (χ0n) is 11.0. The van der Waals surface area contributed by atoms with Gasteiger partial charge in [0, 0.05) is 11.1 Å². The van der Waals surface area contributed by atoms with E-state index in [1.165, 1.54) is 6.07 Å². The highest BCUT2D eigenvalue weighted by Crippen LogP contribution is 2.41. The maximum absolute atomic E-state index is 14.4. The first-order valence-electron chi connectivity index (χ1n) is 6.19. The molecule has 2 aromatic rings. The van der Waals surface area contributed by atoms with Gasteiger partial charge in [0.05, 0.1) is 20.6 Å². The van der Waals surface area contributed by atoms with Crippen molar-refractivity contribution < 1.29 is 9.18 Å². The Hall–Kier alpha value is -1.69. The molecule has 0 saturated carbocycles. The van der Waals surface area contributed by atoms with E-state index in [2.05, 4.69) is 16.6 Å². The van der Waals surface area contributed by atoms with Gasteiger partial charge in [-0.3, -0.25) is 4.72 Å². The first-order chi connectivity index (χ1) is 10.5. The van der Waals surface area contributed by atoms with Crippen LogP contribution >= 0.6 is 35.1 Å². The van der Waals surface area contributed by atoms with Gasteiger partial charge in [-0.05, 0) is 35.7 Å². The Morgan fingerprint density at radius 2 is 2.00 bits per heavy atom. The fourth-order valence-electron chi connectivity index (χ4n) is 2.17. The fraction of sp³-hybridized carbons (Fsp3) is 0. The topological polar surface area (TPSA) is 41.1 Å². The van der Waals surface area contributed by atoms with Crippen LogP contribution in [0.3, 0.4) is 0 Å². The molecule has 0 fully saturated rings. The Morgan fingerprint density at radius 3 is 2.77 bits per heavy atom. The van der Waals surface area contributed by atoms with Gasteiger partial charge in [0.2, 0.25) is 0 Å². The lowest BCUT2D eigenvalue weighted by Crippen LogP contribution is -2.28. The molecular formula is C15H9Cl2FN2OS. The number of carbonyl (C=O) groups is 1. The molecule has 0 aliphatic carbocycles. The van der Waals surface area contributed by atoms with Crippen molar-refractivity contribution in [2.75, 3.05) is 5.32 Å². The van der Waals surface area contributed by atoms with Gasteiger partial charge >= 0.3 is 6.03 Å². The number of carbonyl (C=O) groups excluding carboxylic acids is 1. The van der Waals surface area contributed by atoms with Crippen LogP contribution in [0.4, 0.5) is 14.9 Å². The number of fused-ring (bicyclic) bond motifs is 1. The molecule has 2 N–H and O–H groups in total. The summed E-state index contributed by atoms with van der Waals surface area (Å²) in [7, 11) is 0. The number of benzene rings is 2. The average molecular weight is 355 g/mol. The molecule has 22 heavy (non-hydrogen) atoms. The zero-order chi connectivity index (χ0) is 15.9. The van der Waals surface area contributed by atoms with E-state index >= 15 is 0 Å². The highest BCUT2D eigenvalue weighted by molar-refractivity contribution is 7.98. The van der Waals surface area contributed by atoms with Crippen LogP contribution in [0, 0.1) is 5.82 Å². The summed E-state index contributed by atoms with van der Waals surface area (Å²) < 4.78 is 16.9. The van der Waals surface area contributed by atoms with Gasteiger partial charge in [0.1, 0.15) is 5.82 Å². The molecule has 0 aromatic heterocycles. The van der Waals surface area contributed by atoms with E-state index in [1.54, 1.807) is 24.3 Å². The summed E-state index contributed by atoms with van der Waals surface area (Å²) in [4.78, 5) is 12.2. The van der Waals surface area contributed by atoms with Crippen molar-refractivity contribution in [3.05, 3.63) is 63.9 Å². The lowest BCUT2D eigenvalue weighted by molar-refractivity contribution is 0.257. The molecule has 0 saturated heterocycles. The Bertz CT molecular complexity index is 810. The number of amides is 2. The first kappa shape index (κ1) is 15.2. The van der Waals surface area contributed by atoms with Crippen LogP contribution in [0.25, 0.3) is 5.57 Å². The lowest BCUT2D eigenvalue weighted by Gasteiger charge is -2.22. The molecule has 0 unspecified atom stereocenters. The van der Waals surface area contributed by atoms with Crippen LogP contribution in [-0.4, -0.2) is 6.03 Å². The summed E-state index contributed by atoms with van der Waals surface area (Å²) in [6.07, 6.45) is 0. The van der Waals surface area contributed by atoms with Crippen LogP contribution < -0.4 is 10.0 Å². The van der Waals surface area contributed by atoms with Crippen molar-refractivity contribution in [3.8, 4) is 0 Å². The second-order valence-electron chi connectivity index (χ2n) is 4.53. The number of nitrogens with one attached hydrogen (secondary N) is 2. The van der Waals surface area contributed by atoms with Gasteiger partial charge in [0.15, 0.2) is 0 Å². The Labute approximate surface area is 140 Å². The van der Waals surface area contributed by atoms with E-state index in [4.69, 9.17) is 23.2 Å². The van der Waals surface area contributed by atoms with E-state index in [1.807, 2.05) is 0 Å². The predicted molar refractivity (Wildman–Crippen MR) is 89.0 cm³/mol. The first-order valence-corrected chi connectivity index (χ1v) is 7.76. The Balaban J connectivity index is 2.18. The Kier molecular flexibility index (Phi) is 4.04. The van der Waals surface area contributed by atoms with E-state index in [-0.39, 0.29) is 5.56 Å². The molecule has 0 bridgehead atoms. The van der Waals surface area contributed by atoms with Crippen molar-refractivity contribution >= 4 is 52.4 Å². The van der Waals surface area contributed by atoms with Crippen LogP contribution in [0.1, 0.15) is 11.1 Å². The summed E-state index contributed by atoms with van der Waals surface area (Å²) in [6, 6.07) is 7.53. The van der Waals surface area contributed by atoms with Crippen molar-refractivity contribution in [2.45, 2.75) is 4.90 Å². The van der Waals surface area contributed by atoms with Crippen LogP contribution in [0.2, 0.25) is 10.0 Å². The minimum Gasteiger partial charge on any atom is -0.305 e. The van der Waals surface area contributed by atoms with Gasteiger partial charge < -0.3 is 5.32 Å². The largest absolute Gasteiger partial charge is 0.329 e. The smallest absolute Gasteiger partial charge is 0.305 e. The van der Waals surface area contributed by atoms with Gasteiger partial charge in [-0.15, -0.1) is 0 Å². The van der Waals surface area contributed by atoms with Crippen LogP contribution in [0.15, 0.2) is 41.8 Å². The lowest BCUT2D eigenvalue weighted by atomic mass is 9.97. The maximum atomic E-state index is 14.4. The number of anilines is 1. The molecule has 1 aliphatic rings. The summed E-state index contributed by atoms with van der Waals surface area (Å²) in [5, 5.41) is 3.25. The molecule has 1 heterocycles. The summed E-state index contributed by atoms with van der Waals surface area (Å²) in [6.45, 7) is 3.93. The van der Waals surface area contributed by atoms with Gasteiger partial charge in [-0.2, -0.15) is 0 Å². The molecule has 0 radical (unpaired) electrons. The number of urea groups is 1. The minimum atomic E-state index is -0.498. The average Bonchev–Trinajstić information content (AvgIpc) is 2.49. The molecule has 2 aromatic carbocycles. The van der Waals surface area contributed by atoms with Gasteiger partial charge in [-0.25, -0.2) is 9.18 Å². The van der Waals surface area contributed by atoms with E-state index < -0.39 is 11.8 Å². The number of halogens is 3. The standard InChI is InChI=1S/C15H9Cl2FN2OS/c1-7(8-3-2-4-9(16)13(8)17)12-10(18)5-6-11-14(12)19-15(21)20-22-11/h2-6H,1H2,(H2,19,20,21). The number of hydrogen-bond acceptors (Lipinski definition) is 2. The molecule has 2 amide bonds. The van der Waals surface area contributed by atoms with E-state index in [9.17, 15) is 9.18 Å². The quantitative estimate of drug-likeness (QED) is 0.715. The highest BCUT2D eigenvalue weighted by Gasteiger charge is 2.24. The van der Waals surface area contributed by atoms with Crippen LogP contribution in [0.5, 0.6) is 0 Å². The zero-order valence-corrected chi connectivity index (χ0v) is 13.4. The van der Waals surface area contributed by atoms with Crippen molar-refractivity contribution in [1.29, 1.82) is 0 Å². The SMILES string of the molecule is C=C(c1cccc(Cl)c1Cl)c1c(F)ccc2c1NC(=O)NS2. The molecule has 0 spiro atoms. The number of hydrogen-bond donors (Lipinski definition) is 2. The van der Waals surface area contributed by atoms with Gasteiger partial charge in [-0.1, -0.05) is 41.9 Å². The third-order valence-corrected chi connectivity index (χ3v) is 4.85. The third kappa shape index (κ3) is 2.56. The molecular weight excluding hydrogens is 346 g/mol. The maximum Gasteiger partial charge on any atom is 0.329 e. The normalized spacial score (nSPS) is 13.1. The molecule has 1 aliphatic heterocycles. The molecule has 112 valence electrons. The minimum absolute atomic E-state index is 0.198. The van der Waals surface area contributed by atoms with Crippen molar-refractivity contribution in [3.63, 3.8) is 0 Å². The fourth-order valence-corrected chi connectivity index (χ4v) is 3.23. The van der Waals surface area contributed by atoms with Crippen molar-refractivity contribution in [2.24, 2.45) is 0 Å². The van der Waals surface area contributed by atoms with E-state index in [0.29, 0.717) is 31.8 Å². The molecule has 0 atom stereocenters. The monoisotopic (exact) mass is 354 g/mol.